The second-order valence-electron chi connectivity index (χ2n) is 7.67. The van der Waals surface area contributed by atoms with Crippen LogP contribution >= 0.6 is 0 Å². The van der Waals surface area contributed by atoms with Crippen molar-refractivity contribution >= 4 is 17.2 Å². The minimum Gasteiger partial charge on any atom is -0.366 e. The van der Waals surface area contributed by atoms with Gasteiger partial charge in [0.05, 0.1) is 11.4 Å². The van der Waals surface area contributed by atoms with Crippen molar-refractivity contribution < 1.29 is 0 Å². The first-order chi connectivity index (χ1) is 14.9. The highest BCUT2D eigenvalue weighted by Crippen LogP contribution is 2.39. The van der Waals surface area contributed by atoms with Gasteiger partial charge in [-0.1, -0.05) is 18.2 Å². The molecule has 0 fully saturated rings. The van der Waals surface area contributed by atoms with Crippen LogP contribution in [0.5, 0.6) is 0 Å². The Morgan fingerprint density at radius 2 is 1.73 bits per heavy atom. The first kappa shape index (κ1) is 18.4. The molecule has 3 aromatic heterocycles. The quantitative estimate of drug-likeness (QED) is 0.391. The molecule has 0 unspecified atom stereocenters. The molecule has 0 saturated heterocycles. The fraction of sp³-hybridized carbons (Fsp3) is 0.200. The van der Waals surface area contributed by atoms with E-state index in [4.69, 9.17) is 0 Å². The van der Waals surface area contributed by atoms with Crippen molar-refractivity contribution in [1.82, 2.24) is 15.0 Å². The van der Waals surface area contributed by atoms with E-state index in [2.05, 4.69) is 62.0 Å². The van der Waals surface area contributed by atoms with Crippen LogP contribution in [0.4, 0.5) is 17.2 Å². The van der Waals surface area contributed by atoms with Crippen LogP contribution in [0.25, 0.3) is 11.3 Å². The first-order valence-corrected chi connectivity index (χ1v) is 10.5. The maximum absolute atomic E-state index is 4.51. The van der Waals surface area contributed by atoms with E-state index in [1.807, 2.05) is 36.8 Å². The summed E-state index contributed by atoms with van der Waals surface area (Å²) in [7, 11) is 0. The molecule has 5 heteroatoms. The number of pyridine rings is 2. The van der Waals surface area contributed by atoms with Crippen molar-refractivity contribution in [2.24, 2.45) is 0 Å². The van der Waals surface area contributed by atoms with E-state index in [1.54, 1.807) is 0 Å². The molecule has 1 aromatic carbocycles. The SMILES string of the molecule is c1ccc(Nc2c(-c3ccnc(NCc4ccncc4)c3)[nH]c3c2CCCC3)cc1. The third-order valence-electron chi connectivity index (χ3n) is 5.61. The standard InChI is InChI=1S/C25H25N5/c1-2-6-20(7-3-1)29-25-21-8-4-5-9-22(21)30-24(25)19-12-15-27-23(16-19)28-17-18-10-13-26-14-11-18/h1-3,6-7,10-16,29-30H,4-5,8-9,17H2,(H,27,28). The van der Waals surface area contributed by atoms with Crippen LogP contribution in [0, 0.1) is 0 Å². The summed E-state index contributed by atoms with van der Waals surface area (Å²) in [5.41, 5.74) is 8.54. The molecule has 0 saturated carbocycles. The zero-order valence-electron chi connectivity index (χ0n) is 16.9. The van der Waals surface area contributed by atoms with Gasteiger partial charge in [0.15, 0.2) is 0 Å². The van der Waals surface area contributed by atoms with Gasteiger partial charge in [-0.25, -0.2) is 4.98 Å². The largest absolute Gasteiger partial charge is 0.366 e. The predicted molar refractivity (Wildman–Crippen MR) is 122 cm³/mol. The molecule has 0 spiro atoms. The van der Waals surface area contributed by atoms with Gasteiger partial charge in [0.2, 0.25) is 0 Å². The van der Waals surface area contributed by atoms with Crippen molar-refractivity contribution in [2.45, 2.75) is 32.2 Å². The van der Waals surface area contributed by atoms with Gasteiger partial charge in [-0.15, -0.1) is 0 Å². The Morgan fingerprint density at radius 1 is 0.900 bits per heavy atom. The predicted octanol–water partition coefficient (Wildman–Crippen LogP) is 5.71. The first-order valence-electron chi connectivity index (χ1n) is 10.5. The molecule has 0 aliphatic heterocycles. The summed E-state index contributed by atoms with van der Waals surface area (Å²) >= 11 is 0. The van der Waals surface area contributed by atoms with Gasteiger partial charge in [0.1, 0.15) is 5.82 Å². The number of hydrogen-bond acceptors (Lipinski definition) is 4. The Balaban J connectivity index is 1.47. The lowest BCUT2D eigenvalue weighted by Gasteiger charge is -2.14. The molecule has 0 atom stereocenters. The van der Waals surface area contributed by atoms with E-state index in [-0.39, 0.29) is 0 Å². The normalized spacial score (nSPS) is 12.9. The number of nitrogens with zero attached hydrogens (tertiary/aromatic N) is 2. The van der Waals surface area contributed by atoms with Gasteiger partial charge in [0.25, 0.3) is 0 Å². The number of hydrogen-bond donors (Lipinski definition) is 3. The number of aryl methyl sites for hydroxylation is 1. The molecule has 4 aromatic rings. The molecule has 3 N–H and O–H groups in total. The zero-order valence-corrected chi connectivity index (χ0v) is 16.9. The van der Waals surface area contributed by atoms with Crippen LogP contribution in [0.3, 0.4) is 0 Å². The van der Waals surface area contributed by atoms with E-state index in [0.29, 0.717) is 0 Å². The summed E-state index contributed by atoms with van der Waals surface area (Å²) in [5, 5.41) is 7.11. The van der Waals surface area contributed by atoms with Gasteiger partial charge < -0.3 is 15.6 Å². The number of anilines is 3. The summed E-state index contributed by atoms with van der Waals surface area (Å²) in [6.07, 6.45) is 10.2. The maximum Gasteiger partial charge on any atom is 0.126 e. The number of nitrogens with one attached hydrogen (secondary N) is 3. The number of benzene rings is 1. The van der Waals surface area contributed by atoms with Crippen molar-refractivity contribution in [3.8, 4) is 11.3 Å². The minimum absolute atomic E-state index is 0.718. The Morgan fingerprint density at radius 3 is 2.60 bits per heavy atom. The Bertz CT molecular complexity index is 1120. The second kappa shape index (κ2) is 8.41. The number of fused-ring (bicyclic) bond motifs is 1. The summed E-state index contributed by atoms with van der Waals surface area (Å²) < 4.78 is 0. The summed E-state index contributed by atoms with van der Waals surface area (Å²) in [4.78, 5) is 12.3. The van der Waals surface area contributed by atoms with Crippen LogP contribution in [0.2, 0.25) is 0 Å². The van der Waals surface area contributed by atoms with Crippen LogP contribution in [0.1, 0.15) is 29.7 Å². The Hall–Kier alpha value is -3.60. The van der Waals surface area contributed by atoms with Crippen LogP contribution in [-0.4, -0.2) is 15.0 Å². The van der Waals surface area contributed by atoms with E-state index >= 15 is 0 Å². The topological polar surface area (TPSA) is 65.6 Å². The number of H-pyrrole nitrogens is 1. The smallest absolute Gasteiger partial charge is 0.126 e. The summed E-state index contributed by atoms with van der Waals surface area (Å²) in [6, 6.07) is 18.6. The second-order valence-corrected chi connectivity index (χ2v) is 7.67. The molecule has 0 radical (unpaired) electrons. The molecule has 1 aliphatic carbocycles. The third kappa shape index (κ3) is 3.92. The number of rotatable bonds is 6. The van der Waals surface area contributed by atoms with Gasteiger partial charge in [0, 0.05) is 42.1 Å². The van der Waals surface area contributed by atoms with Crippen molar-refractivity contribution in [3.63, 3.8) is 0 Å². The lowest BCUT2D eigenvalue weighted by atomic mass is 9.96. The van der Waals surface area contributed by atoms with Crippen molar-refractivity contribution in [1.29, 1.82) is 0 Å². The van der Waals surface area contributed by atoms with Gasteiger partial charge in [-0.2, -0.15) is 0 Å². The molecular weight excluding hydrogens is 370 g/mol. The maximum atomic E-state index is 4.51. The summed E-state index contributed by atoms with van der Waals surface area (Å²) in [6.45, 7) is 0.718. The molecular formula is C25H25N5. The van der Waals surface area contributed by atoms with Crippen molar-refractivity contribution in [2.75, 3.05) is 10.6 Å². The van der Waals surface area contributed by atoms with E-state index in [9.17, 15) is 0 Å². The average Bonchev–Trinajstić information content (AvgIpc) is 3.18. The Labute approximate surface area is 176 Å². The minimum atomic E-state index is 0.718. The highest BCUT2D eigenvalue weighted by Gasteiger charge is 2.21. The molecule has 3 heterocycles. The lowest BCUT2D eigenvalue weighted by Crippen LogP contribution is -2.02. The number of aromatic nitrogens is 3. The molecule has 30 heavy (non-hydrogen) atoms. The fourth-order valence-electron chi connectivity index (χ4n) is 4.08. The van der Waals surface area contributed by atoms with Gasteiger partial charge >= 0.3 is 0 Å². The fourth-order valence-corrected chi connectivity index (χ4v) is 4.08. The molecule has 1 aliphatic rings. The molecule has 150 valence electrons. The van der Waals surface area contributed by atoms with E-state index in [0.717, 1.165) is 42.1 Å². The lowest BCUT2D eigenvalue weighted by molar-refractivity contribution is 0.678. The molecule has 5 nitrogen and oxygen atoms in total. The highest BCUT2D eigenvalue weighted by molar-refractivity contribution is 5.83. The van der Waals surface area contributed by atoms with Gasteiger partial charge in [-0.05, 0) is 73.2 Å². The molecule has 5 rings (SSSR count). The number of para-hydroxylation sites is 1. The van der Waals surface area contributed by atoms with E-state index in [1.165, 1.54) is 35.3 Å². The third-order valence-corrected chi connectivity index (χ3v) is 5.61. The van der Waals surface area contributed by atoms with Crippen LogP contribution in [-0.2, 0) is 19.4 Å². The summed E-state index contributed by atoms with van der Waals surface area (Å²) in [5.74, 6) is 0.863. The highest BCUT2D eigenvalue weighted by atomic mass is 15.0. The molecule has 0 amide bonds. The Kier molecular flexibility index (Phi) is 5.17. The van der Waals surface area contributed by atoms with Crippen LogP contribution < -0.4 is 10.6 Å². The monoisotopic (exact) mass is 395 g/mol. The van der Waals surface area contributed by atoms with Gasteiger partial charge in [-0.3, -0.25) is 4.98 Å². The molecule has 0 bridgehead atoms. The number of aromatic amines is 1. The van der Waals surface area contributed by atoms with Crippen molar-refractivity contribution in [3.05, 3.63) is 90.0 Å². The van der Waals surface area contributed by atoms with Crippen LogP contribution in [0.15, 0.2) is 73.2 Å². The van der Waals surface area contributed by atoms with E-state index < -0.39 is 0 Å². The zero-order chi connectivity index (χ0) is 20.2. The average molecular weight is 396 g/mol.